The molecule has 0 unspecified atom stereocenters. The van der Waals surface area contributed by atoms with Gasteiger partial charge in [-0.2, -0.15) is 0 Å². The summed E-state index contributed by atoms with van der Waals surface area (Å²) in [6, 6.07) is 12.3. The van der Waals surface area contributed by atoms with Gasteiger partial charge in [0, 0.05) is 24.7 Å². The SMILES string of the molecule is CNC[C@H]1Oc2ccc(NS(=O)(=O)c3ccccc3)cc2C(=O)N([C@H](C)CO)C[C@@H]1C. The molecule has 3 N–H and O–H groups in total. The zero-order chi connectivity index (χ0) is 22.6. The first-order chi connectivity index (χ1) is 14.8. The molecule has 1 amide bonds. The zero-order valence-electron chi connectivity index (χ0n) is 17.9. The summed E-state index contributed by atoms with van der Waals surface area (Å²) in [4.78, 5) is 15.1. The van der Waals surface area contributed by atoms with E-state index in [9.17, 15) is 18.3 Å². The number of benzene rings is 2. The maximum absolute atomic E-state index is 13.3. The molecule has 3 atom stereocenters. The number of likely N-dealkylation sites (N-methyl/N-ethyl adjacent to an activating group) is 1. The number of aliphatic hydroxyl groups excluding tert-OH is 1. The molecule has 9 heteroatoms. The van der Waals surface area contributed by atoms with E-state index in [0.717, 1.165) is 0 Å². The monoisotopic (exact) mass is 447 g/mol. The molecule has 0 radical (unpaired) electrons. The van der Waals surface area contributed by atoms with Crippen LogP contribution in [-0.2, 0) is 10.0 Å². The number of hydrogen-bond acceptors (Lipinski definition) is 6. The minimum Gasteiger partial charge on any atom is -0.488 e. The van der Waals surface area contributed by atoms with Crippen LogP contribution in [0.3, 0.4) is 0 Å². The first-order valence-electron chi connectivity index (χ1n) is 10.2. The van der Waals surface area contributed by atoms with Crippen LogP contribution >= 0.6 is 0 Å². The predicted octanol–water partition coefficient (Wildman–Crippen LogP) is 1.93. The molecule has 0 saturated heterocycles. The van der Waals surface area contributed by atoms with Crippen LogP contribution in [0.5, 0.6) is 5.75 Å². The Hall–Kier alpha value is -2.62. The average molecular weight is 448 g/mol. The smallest absolute Gasteiger partial charge is 0.261 e. The summed E-state index contributed by atoms with van der Waals surface area (Å²) < 4.78 is 34.1. The van der Waals surface area contributed by atoms with Gasteiger partial charge >= 0.3 is 0 Å². The van der Waals surface area contributed by atoms with Gasteiger partial charge < -0.3 is 20.1 Å². The number of amides is 1. The largest absolute Gasteiger partial charge is 0.488 e. The third kappa shape index (κ3) is 5.17. The second kappa shape index (κ2) is 9.67. The van der Waals surface area contributed by atoms with Gasteiger partial charge in [-0.3, -0.25) is 9.52 Å². The molecule has 0 bridgehead atoms. The molecule has 0 spiro atoms. The third-order valence-corrected chi connectivity index (χ3v) is 6.77. The predicted molar refractivity (Wildman–Crippen MR) is 119 cm³/mol. The van der Waals surface area contributed by atoms with Crippen molar-refractivity contribution in [3.63, 3.8) is 0 Å². The summed E-state index contributed by atoms with van der Waals surface area (Å²) in [5, 5.41) is 12.8. The molecule has 31 heavy (non-hydrogen) atoms. The molecule has 2 aromatic carbocycles. The van der Waals surface area contributed by atoms with E-state index < -0.39 is 10.0 Å². The average Bonchev–Trinajstić information content (AvgIpc) is 2.76. The van der Waals surface area contributed by atoms with Crippen LogP contribution in [0.2, 0.25) is 0 Å². The number of carbonyl (C=O) groups is 1. The van der Waals surface area contributed by atoms with Crippen LogP contribution in [0.1, 0.15) is 24.2 Å². The molecule has 1 heterocycles. The Kier molecular flexibility index (Phi) is 7.19. The van der Waals surface area contributed by atoms with Crippen molar-refractivity contribution in [2.24, 2.45) is 5.92 Å². The number of rotatable bonds is 7. The van der Waals surface area contributed by atoms with E-state index in [1.54, 1.807) is 42.2 Å². The number of fused-ring (bicyclic) bond motifs is 1. The molecule has 1 aliphatic rings. The molecule has 1 aliphatic heterocycles. The van der Waals surface area contributed by atoms with E-state index >= 15 is 0 Å². The Morgan fingerprint density at radius 2 is 1.94 bits per heavy atom. The van der Waals surface area contributed by atoms with Crippen LogP contribution in [0, 0.1) is 5.92 Å². The quantitative estimate of drug-likeness (QED) is 0.599. The Morgan fingerprint density at radius 3 is 2.58 bits per heavy atom. The van der Waals surface area contributed by atoms with Gasteiger partial charge in [-0.25, -0.2) is 8.42 Å². The maximum Gasteiger partial charge on any atom is 0.261 e. The van der Waals surface area contributed by atoms with E-state index in [-0.39, 0.29) is 46.7 Å². The minimum absolute atomic E-state index is 0.0230. The maximum atomic E-state index is 13.3. The first kappa shape index (κ1) is 23.1. The molecule has 168 valence electrons. The van der Waals surface area contributed by atoms with Crippen molar-refractivity contribution < 1.29 is 23.1 Å². The van der Waals surface area contributed by atoms with Gasteiger partial charge in [0.1, 0.15) is 11.9 Å². The lowest BCUT2D eigenvalue weighted by atomic mass is 9.99. The zero-order valence-corrected chi connectivity index (χ0v) is 18.7. The van der Waals surface area contributed by atoms with Crippen LogP contribution in [0.15, 0.2) is 53.4 Å². The highest BCUT2D eigenvalue weighted by atomic mass is 32.2. The number of aliphatic hydroxyl groups is 1. The highest BCUT2D eigenvalue weighted by molar-refractivity contribution is 7.92. The van der Waals surface area contributed by atoms with Crippen molar-refractivity contribution in [3.05, 3.63) is 54.1 Å². The molecule has 0 fully saturated rings. The van der Waals surface area contributed by atoms with Gasteiger partial charge in [-0.05, 0) is 44.3 Å². The lowest BCUT2D eigenvalue weighted by Crippen LogP contribution is -2.49. The highest BCUT2D eigenvalue weighted by Gasteiger charge is 2.33. The van der Waals surface area contributed by atoms with E-state index in [4.69, 9.17) is 4.74 Å². The van der Waals surface area contributed by atoms with Gasteiger partial charge in [-0.15, -0.1) is 0 Å². The second-order valence-electron chi connectivity index (χ2n) is 7.81. The minimum atomic E-state index is -3.80. The molecule has 0 saturated carbocycles. The van der Waals surface area contributed by atoms with E-state index in [2.05, 4.69) is 10.0 Å². The number of ether oxygens (including phenoxy) is 1. The Labute approximate surface area is 183 Å². The van der Waals surface area contributed by atoms with E-state index in [0.29, 0.717) is 18.8 Å². The van der Waals surface area contributed by atoms with Crippen molar-refractivity contribution in [2.45, 2.75) is 30.9 Å². The molecule has 2 aromatic rings. The van der Waals surface area contributed by atoms with Crippen LogP contribution in [0.25, 0.3) is 0 Å². The summed E-state index contributed by atoms with van der Waals surface area (Å²) in [5.41, 5.74) is 0.511. The molecule has 0 aliphatic carbocycles. The number of carbonyl (C=O) groups excluding carboxylic acids is 1. The first-order valence-corrected chi connectivity index (χ1v) is 11.7. The topological polar surface area (TPSA) is 108 Å². The Balaban J connectivity index is 2.00. The second-order valence-corrected chi connectivity index (χ2v) is 9.49. The standard InChI is InChI=1S/C22H29N3O5S/c1-15-13-25(16(2)14-26)22(27)19-11-17(9-10-20(19)30-21(15)12-23-3)24-31(28,29)18-7-5-4-6-8-18/h4-11,15-16,21,23-24,26H,12-14H2,1-3H3/t15-,16+,21+/m0/s1. The summed E-state index contributed by atoms with van der Waals surface area (Å²) in [6.07, 6.45) is -0.197. The normalized spacial score (nSPS) is 20.3. The molecular formula is C22H29N3O5S. The summed E-state index contributed by atoms with van der Waals surface area (Å²) in [7, 11) is -1.97. The van der Waals surface area contributed by atoms with Crippen molar-refractivity contribution in [2.75, 3.05) is 31.5 Å². The van der Waals surface area contributed by atoms with Gasteiger partial charge in [0.15, 0.2) is 0 Å². The van der Waals surface area contributed by atoms with Crippen molar-refractivity contribution >= 4 is 21.6 Å². The Bertz CT molecular complexity index is 1010. The number of nitrogens with zero attached hydrogens (tertiary/aromatic N) is 1. The molecule has 3 rings (SSSR count). The number of sulfonamides is 1. The van der Waals surface area contributed by atoms with Crippen LogP contribution in [0.4, 0.5) is 5.69 Å². The van der Waals surface area contributed by atoms with Crippen molar-refractivity contribution in [1.82, 2.24) is 10.2 Å². The lowest BCUT2D eigenvalue weighted by molar-refractivity contribution is 0.0416. The van der Waals surface area contributed by atoms with E-state index in [1.807, 2.05) is 14.0 Å². The summed E-state index contributed by atoms with van der Waals surface area (Å²) in [6.45, 7) is 4.60. The number of hydrogen-bond donors (Lipinski definition) is 3. The van der Waals surface area contributed by atoms with Gasteiger partial charge in [-0.1, -0.05) is 25.1 Å². The number of nitrogens with one attached hydrogen (secondary N) is 2. The van der Waals surface area contributed by atoms with Gasteiger partial charge in [0.25, 0.3) is 15.9 Å². The molecule has 8 nitrogen and oxygen atoms in total. The van der Waals surface area contributed by atoms with Gasteiger partial charge in [0.2, 0.25) is 0 Å². The summed E-state index contributed by atoms with van der Waals surface area (Å²) >= 11 is 0. The molecule has 0 aromatic heterocycles. The third-order valence-electron chi connectivity index (χ3n) is 5.38. The highest BCUT2D eigenvalue weighted by Crippen LogP contribution is 2.31. The fourth-order valence-corrected chi connectivity index (χ4v) is 4.62. The summed E-state index contributed by atoms with van der Waals surface area (Å²) in [5.74, 6) is 0.0940. The lowest BCUT2D eigenvalue weighted by Gasteiger charge is -2.37. The van der Waals surface area contributed by atoms with Crippen LogP contribution < -0.4 is 14.8 Å². The fourth-order valence-electron chi connectivity index (χ4n) is 3.54. The molecular weight excluding hydrogens is 418 g/mol. The fraction of sp³-hybridized carbons (Fsp3) is 0.409. The Morgan fingerprint density at radius 1 is 1.23 bits per heavy atom. The van der Waals surface area contributed by atoms with Crippen molar-refractivity contribution in [1.29, 1.82) is 0 Å². The van der Waals surface area contributed by atoms with Gasteiger partial charge in [0.05, 0.1) is 23.1 Å². The van der Waals surface area contributed by atoms with E-state index in [1.165, 1.54) is 18.2 Å². The van der Waals surface area contributed by atoms with Crippen LogP contribution in [-0.4, -0.2) is 63.2 Å². The number of anilines is 1. The van der Waals surface area contributed by atoms with Crippen molar-refractivity contribution in [3.8, 4) is 5.75 Å².